The lowest BCUT2D eigenvalue weighted by Gasteiger charge is -2.12. The van der Waals surface area contributed by atoms with Crippen LogP contribution in [0.2, 0.25) is 0 Å². The van der Waals surface area contributed by atoms with Gasteiger partial charge in [-0.2, -0.15) is 9.78 Å². The van der Waals surface area contributed by atoms with E-state index in [1.165, 1.54) is 44.0 Å². The number of methoxy groups -OCH3 is 3. The lowest BCUT2D eigenvalue weighted by molar-refractivity contribution is 0.324. The Bertz CT molecular complexity index is 795. The largest absolute Gasteiger partial charge is 0.493 e. The Morgan fingerprint density at radius 1 is 1.12 bits per heavy atom. The molecule has 0 saturated carbocycles. The molecule has 1 aromatic carbocycles. The lowest BCUT2D eigenvalue weighted by atomic mass is 10.2. The molecule has 1 aromatic heterocycles. The summed E-state index contributed by atoms with van der Waals surface area (Å²) >= 11 is 1.28. The molecule has 0 N–H and O–H groups in total. The van der Waals surface area contributed by atoms with Gasteiger partial charge >= 0.3 is 0 Å². The summed E-state index contributed by atoms with van der Waals surface area (Å²) in [7, 11) is 4.60. The molecular weight excluding hydrogens is 332 g/mol. The van der Waals surface area contributed by atoms with Crippen molar-refractivity contribution in [2.24, 2.45) is 5.10 Å². The van der Waals surface area contributed by atoms with Gasteiger partial charge in [-0.15, -0.1) is 10.2 Å². The van der Waals surface area contributed by atoms with E-state index in [2.05, 4.69) is 15.3 Å². The minimum Gasteiger partial charge on any atom is -0.493 e. The molecule has 2 aromatic rings. The Morgan fingerprint density at radius 2 is 1.75 bits per heavy atom. The van der Waals surface area contributed by atoms with Crippen LogP contribution in [-0.2, 0) is 0 Å². The van der Waals surface area contributed by atoms with Gasteiger partial charge in [0.25, 0.3) is 5.56 Å². The van der Waals surface area contributed by atoms with Gasteiger partial charge in [-0.1, -0.05) is 11.8 Å². The van der Waals surface area contributed by atoms with Crippen molar-refractivity contribution < 1.29 is 14.2 Å². The SMILES string of the molecule is COc1cc(/C=N\n2c(SC)nnc(C)c2=O)cc(OC)c1OC. The first-order chi connectivity index (χ1) is 11.5. The van der Waals surface area contributed by atoms with Gasteiger partial charge < -0.3 is 14.2 Å². The summed E-state index contributed by atoms with van der Waals surface area (Å²) in [6, 6.07) is 3.46. The van der Waals surface area contributed by atoms with Crippen LogP contribution in [0.25, 0.3) is 0 Å². The third kappa shape index (κ3) is 3.51. The van der Waals surface area contributed by atoms with Crippen LogP contribution in [0.4, 0.5) is 0 Å². The quantitative estimate of drug-likeness (QED) is 0.577. The summed E-state index contributed by atoms with van der Waals surface area (Å²) in [5.41, 5.74) is 0.630. The van der Waals surface area contributed by atoms with Gasteiger partial charge in [0.15, 0.2) is 11.5 Å². The van der Waals surface area contributed by atoms with Gasteiger partial charge in [-0.3, -0.25) is 4.79 Å². The molecule has 0 unspecified atom stereocenters. The maximum atomic E-state index is 12.2. The topological polar surface area (TPSA) is 87.8 Å². The van der Waals surface area contributed by atoms with Crippen LogP contribution in [0.5, 0.6) is 17.2 Å². The van der Waals surface area contributed by atoms with Crippen molar-refractivity contribution in [2.75, 3.05) is 27.6 Å². The Kier molecular flexibility index (Phi) is 5.80. The average Bonchev–Trinajstić information content (AvgIpc) is 2.61. The highest BCUT2D eigenvalue weighted by atomic mass is 32.2. The smallest absolute Gasteiger partial charge is 0.296 e. The van der Waals surface area contributed by atoms with Crippen LogP contribution >= 0.6 is 11.8 Å². The molecule has 0 aliphatic carbocycles. The summed E-state index contributed by atoms with van der Waals surface area (Å²) in [4.78, 5) is 12.2. The van der Waals surface area contributed by atoms with Crippen LogP contribution in [-0.4, -0.2) is 48.7 Å². The van der Waals surface area contributed by atoms with Crippen molar-refractivity contribution in [2.45, 2.75) is 12.1 Å². The molecular formula is C15H18N4O4S. The number of benzene rings is 1. The predicted molar refractivity (Wildman–Crippen MR) is 91.9 cm³/mol. The van der Waals surface area contributed by atoms with Gasteiger partial charge in [0.05, 0.1) is 27.5 Å². The van der Waals surface area contributed by atoms with Crippen molar-refractivity contribution in [1.82, 2.24) is 14.9 Å². The third-order valence-corrected chi connectivity index (χ3v) is 3.78. The number of thioether (sulfide) groups is 1. The highest BCUT2D eigenvalue weighted by Crippen LogP contribution is 2.37. The monoisotopic (exact) mass is 350 g/mol. The molecule has 0 saturated heterocycles. The van der Waals surface area contributed by atoms with E-state index < -0.39 is 0 Å². The number of ether oxygens (including phenoxy) is 3. The highest BCUT2D eigenvalue weighted by Gasteiger charge is 2.13. The van der Waals surface area contributed by atoms with E-state index in [-0.39, 0.29) is 11.3 Å². The Balaban J connectivity index is 2.50. The summed E-state index contributed by atoms with van der Waals surface area (Å²) < 4.78 is 17.1. The molecule has 128 valence electrons. The molecule has 2 rings (SSSR count). The molecule has 0 fully saturated rings. The number of nitrogens with zero attached hydrogens (tertiary/aromatic N) is 4. The van der Waals surface area contributed by atoms with E-state index in [0.717, 1.165) is 0 Å². The second-order valence-corrected chi connectivity index (χ2v) is 5.37. The molecule has 0 bridgehead atoms. The lowest BCUT2D eigenvalue weighted by Crippen LogP contribution is -2.23. The van der Waals surface area contributed by atoms with Crippen LogP contribution in [0.15, 0.2) is 27.2 Å². The molecule has 0 aliphatic heterocycles. The van der Waals surface area contributed by atoms with Crippen molar-refractivity contribution >= 4 is 18.0 Å². The summed E-state index contributed by atoms with van der Waals surface area (Å²) in [6.07, 6.45) is 3.32. The maximum Gasteiger partial charge on any atom is 0.296 e. The standard InChI is InChI=1S/C15H18N4O4S/c1-9-14(20)19(15(24-5)18-17-9)16-8-10-6-11(21-2)13(23-4)12(7-10)22-3/h6-8H,1-5H3/b16-8-. The van der Waals surface area contributed by atoms with Gasteiger partial charge in [0.1, 0.15) is 5.69 Å². The zero-order valence-electron chi connectivity index (χ0n) is 14.1. The van der Waals surface area contributed by atoms with Gasteiger partial charge in [-0.25, -0.2) is 0 Å². The van der Waals surface area contributed by atoms with Crippen LogP contribution in [0.3, 0.4) is 0 Å². The van der Waals surface area contributed by atoms with Crippen molar-refractivity contribution in [3.63, 3.8) is 0 Å². The van der Waals surface area contributed by atoms with E-state index in [1.54, 1.807) is 25.3 Å². The summed E-state index contributed by atoms with van der Waals surface area (Å²) in [5.74, 6) is 1.49. The number of aromatic nitrogens is 3. The molecule has 0 radical (unpaired) electrons. The first-order valence-electron chi connectivity index (χ1n) is 6.90. The Hall–Kier alpha value is -2.55. The molecule has 0 amide bonds. The molecule has 9 heteroatoms. The molecule has 0 atom stereocenters. The van der Waals surface area contributed by atoms with Gasteiger partial charge in [-0.05, 0) is 25.3 Å². The van der Waals surface area contributed by atoms with Crippen molar-refractivity contribution in [1.29, 1.82) is 0 Å². The normalized spacial score (nSPS) is 10.9. The minimum atomic E-state index is -0.321. The van der Waals surface area contributed by atoms with Crippen LogP contribution in [0.1, 0.15) is 11.3 Å². The van der Waals surface area contributed by atoms with Crippen LogP contribution < -0.4 is 19.8 Å². The molecule has 0 spiro atoms. The zero-order valence-corrected chi connectivity index (χ0v) is 14.9. The molecule has 24 heavy (non-hydrogen) atoms. The molecule has 1 heterocycles. The van der Waals surface area contributed by atoms with Crippen molar-refractivity contribution in [3.8, 4) is 17.2 Å². The number of hydrogen-bond acceptors (Lipinski definition) is 8. The maximum absolute atomic E-state index is 12.2. The first kappa shape index (κ1) is 17.8. The third-order valence-electron chi connectivity index (χ3n) is 3.16. The second-order valence-electron chi connectivity index (χ2n) is 4.59. The van der Waals surface area contributed by atoms with E-state index >= 15 is 0 Å². The van der Waals surface area contributed by atoms with Crippen LogP contribution in [0, 0.1) is 6.92 Å². The Labute approximate surface area is 143 Å². The Morgan fingerprint density at radius 3 is 2.25 bits per heavy atom. The van der Waals surface area contributed by atoms with Gasteiger partial charge in [0.2, 0.25) is 10.9 Å². The second kappa shape index (κ2) is 7.82. The fourth-order valence-corrected chi connectivity index (χ4v) is 2.40. The molecule has 0 aliphatic rings. The molecule has 8 nitrogen and oxygen atoms in total. The van der Waals surface area contributed by atoms with E-state index in [4.69, 9.17) is 14.2 Å². The first-order valence-corrected chi connectivity index (χ1v) is 8.12. The number of rotatable bonds is 6. The van der Waals surface area contributed by atoms with E-state index in [9.17, 15) is 4.79 Å². The fraction of sp³-hybridized carbons (Fsp3) is 0.333. The van der Waals surface area contributed by atoms with Crippen molar-refractivity contribution in [3.05, 3.63) is 33.7 Å². The number of hydrogen-bond donors (Lipinski definition) is 0. The average molecular weight is 350 g/mol. The van der Waals surface area contributed by atoms with Gasteiger partial charge in [0, 0.05) is 5.56 Å². The minimum absolute atomic E-state index is 0.273. The summed E-state index contributed by atoms with van der Waals surface area (Å²) in [6.45, 7) is 1.59. The zero-order chi connectivity index (χ0) is 17.7. The van der Waals surface area contributed by atoms with E-state index in [1.807, 2.05) is 0 Å². The fourth-order valence-electron chi connectivity index (χ4n) is 1.97. The predicted octanol–water partition coefficient (Wildman–Crippen LogP) is 1.58. The van der Waals surface area contributed by atoms with E-state index in [0.29, 0.717) is 28.0 Å². The summed E-state index contributed by atoms with van der Waals surface area (Å²) in [5, 5.41) is 12.4. The highest BCUT2D eigenvalue weighted by molar-refractivity contribution is 7.98. The number of aryl methyl sites for hydroxylation is 1.